The second-order valence-corrected chi connectivity index (χ2v) is 4.81. The number of nitrogens with zero attached hydrogens (tertiary/aromatic N) is 1. The first-order chi connectivity index (χ1) is 8.63. The number of phenolic OH excluding ortho intramolecular Hbond substituents is 1. The number of amides is 1. The molecule has 0 bridgehead atoms. The summed E-state index contributed by atoms with van der Waals surface area (Å²) in [6, 6.07) is 3.63. The molecule has 0 atom stereocenters. The number of hydrogen-bond acceptors (Lipinski definition) is 2. The SMILES string of the molecule is O=C(c1ccc(F)cc1O)N(CCCl)C1CCC1. The van der Waals surface area contributed by atoms with Crippen LogP contribution in [0, 0.1) is 5.82 Å². The van der Waals surface area contributed by atoms with Crippen LogP contribution in [0.25, 0.3) is 0 Å². The molecule has 0 heterocycles. The molecular formula is C13H15ClFNO2. The summed E-state index contributed by atoms with van der Waals surface area (Å²) < 4.78 is 12.9. The summed E-state index contributed by atoms with van der Waals surface area (Å²) in [7, 11) is 0. The lowest BCUT2D eigenvalue weighted by atomic mass is 9.91. The predicted octanol–water partition coefficient (Wildman–Crippen LogP) is 2.76. The standard InChI is InChI=1S/C13H15ClFNO2/c14-6-7-16(10-2-1-3-10)13(18)11-5-4-9(15)8-12(11)17/h4-5,8,10,17H,1-3,6-7H2. The summed E-state index contributed by atoms with van der Waals surface area (Å²) in [5.74, 6) is -0.808. The average molecular weight is 272 g/mol. The smallest absolute Gasteiger partial charge is 0.257 e. The van der Waals surface area contributed by atoms with Gasteiger partial charge < -0.3 is 10.0 Å². The third-order valence-electron chi connectivity index (χ3n) is 3.29. The van der Waals surface area contributed by atoms with Crippen molar-refractivity contribution in [1.29, 1.82) is 0 Å². The van der Waals surface area contributed by atoms with E-state index in [1.807, 2.05) is 0 Å². The minimum atomic E-state index is -0.559. The first-order valence-electron chi connectivity index (χ1n) is 5.99. The molecule has 0 unspecified atom stereocenters. The molecule has 1 saturated carbocycles. The molecule has 1 fully saturated rings. The van der Waals surface area contributed by atoms with E-state index in [1.165, 1.54) is 12.1 Å². The minimum Gasteiger partial charge on any atom is -0.507 e. The number of aromatic hydroxyl groups is 1. The maximum absolute atomic E-state index is 12.9. The van der Waals surface area contributed by atoms with Crippen molar-refractivity contribution in [2.24, 2.45) is 0 Å². The Bertz CT molecular complexity index is 449. The van der Waals surface area contributed by atoms with Gasteiger partial charge in [-0.3, -0.25) is 4.79 Å². The second kappa shape index (κ2) is 5.57. The second-order valence-electron chi connectivity index (χ2n) is 4.43. The molecule has 0 saturated heterocycles. The van der Waals surface area contributed by atoms with E-state index in [0.717, 1.165) is 25.3 Å². The highest BCUT2D eigenvalue weighted by Crippen LogP contribution is 2.28. The van der Waals surface area contributed by atoms with Crippen molar-refractivity contribution in [2.45, 2.75) is 25.3 Å². The van der Waals surface area contributed by atoms with Crippen molar-refractivity contribution in [3.63, 3.8) is 0 Å². The molecule has 0 aliphatic heterocycles. The lowest BCUT2D eigenvalue weighted by molar-refractivity contribution is 0.0595. The maximum atomic E-state index is 12.9. The Hall–Kier alpha value is -1.29. The van der Waals surface area contributed by atoms with Crippen molar-refractivity contribution in [2.75, 3.05) is 12.4 Å². The molecule has 1 aliphatic rings. The monoisotopic (exact) mass is 271 g/mol. The average Bonchev–Trinajstić information content (AvgIpc) is 2.25. The fraction of sp³-hybridized carbons (Fsp3) is 0.462. The Morgan fingerprint density at radius 3 is 2.72 bits per heavy atom. The van der Waals surface area contributed by atoms with E-state index < -0.39 is 5.82 Å². The Morgan fingerprint density at radius 2 is 2.22 bits per heavy atom. The number of carbonyl (C=O) groups is 1. The zero-order chi connectivity index (χ0) is 13.1. The van der Waals surface area contributed by atoms with Crippen LogP contribution in [0.15, 0.2) is 18.2 Å². The van der Waals surface area contributed by atoms with Crippen molar-refractivity contribution in [1.82, 2.24) is 4.90 Å². The minimum absolute atomic E-state index is 0.133. The highest BCUT2D eigenvalue weighted by molar-refractivity contribution is 6.18. The largest absolute Gasteiger partial charge is 0.507 e. The number of benzene rings is 1. The summed E-state index contributed by atoms with van der Waals surface area (Å²) in [5.41, 5.74) is 0.133. The van der Waals surface area contributed by atoms with E-state index in [4.69, 9.17) is 11.6 Å². The normalized spacial score (nSPS) is 15.2. The van der Waals surface area contributed by atoms with E-state index in [9.17, 15) is 14.3 Å². The number of alkyl halides is 1. The lowest BCUT2D eigenvalue weighted by Gasteiger charge is -2.37. The fourth-order valence-electron chi connectivity index (χ4n) is 2.08. The fourth-order valence-corrected chi connectivity index (χ4v) is 2.26. The zero-order valence-corrected chi connectivity index (χ0v) is 10.7. The third kappa shape index (κ3) is 2.58. The number of hydrogen-bond donors (Lipinski definition) is 1. The molecule has 1 N–H and O–H groups in total. The number of phenols is 1. The van der Waals surface area contributed by atoms with E-state index in [-0.39, 0.29) is 23.3 Å². The summed E-state index contributed by atoms with van der Waals surface area (Å²) in [5, 5.41) is 9.63. The summed E-state index contributed by atoms with van der Waals surface area (Å²) >= 11 is 5.70. The van der Waals surface area contributed by atoms with Crippen LogP contribution in [-0.2, 0) is 0 Å². The van der Waals surface area contributed by atoms with Crippen LogP contribution >= 0.6 is 11.6 Å². The van der Waals surface area contributed by atoms with Gasteiger partial charge in [0.25, 0.3) is 5.91 Å². The van der Waals surface area contributed by atoms with E-state index in [2.05, 4.69) is 0 Å². The Kier molecular flexibility index (Phi) is 4.07. The molecule has 1 aliphatic carbocycles. The van der Waals surface area contributed by atoms with Crippen molar-refractivity contribution < 1.29 is 14.3 Å². The highest BCUT2D eigenvalue weighted by atomic mass is 35.5. The Labute approximate surface area is 110 Å². The molecule has 1 aromatic rings. The molecule has 18 heavy (non-hydrogen) atoms. The maximum Gasteiger partial charge on any atom is 0.257 e. The van der Waals surface area contributed by atoms with Gasteiger partial charge in [-0.25, -0.2) is 4.39 Å². The first-order valence-corrected chi connectivity index (χ1v) is 6.52. The van der Waals surface area contributed by atoms with E-state index in [0.29, 0.717) is 12.4 Å². The van der Waals surface area contributed by atoms with Crippen LogP contribution in [0.3, 0.4) is 0 Å². The molecule has 0 spiro atoms. The summed E-state index contributed by atoms with van der Waals surface area (Å²) in [6.07, 6.45) is 3.03. The predicted molar refractivity (Wildman–Crippen MR) is 67.5 cm³/mol. The van der Waals surface area contributed by atoms with E-state index >= 15 is 0 Å². The van der Waals surface area contributed by atoms with Crippen LogP contribution in [0.1, 0.15) is 29.6 Å². The quantitative estimate of drug-likeness (QED) is 0.856. The zero-order valence-electron chi connectivity index (χ0n) is 9.90. The van der Waals surface area contributed by atoms with Crippen LogP contribution in [0.2, 0.25) is 0 Å². The summed E-state index contributed by atoms with van der Waals surface area (Å²) in [4.78, 5) is 14.0. The first kappa shape index (κ1) is 13.1. The van der Waals surface area contributed by atoms with Gasteiger partial charge in [-0.05, 0) is 31.4 Å². The van der Waals surface area contributed by atoms with Gasteiger partial charge in [-0.1, -0.05) is 0 Å². The van der Waals surface area contributed by atoms with Crippen LogP contribution < -0.4 is 0 Å². The number of halogens is 2. The van der Waals surface area contributed by atoms with Gasteiger partial charge in [0, 0.05) is 24.5 Å². The molecule has 1 amide bonds. The van der Waals surface area contributed by atoms with Gasteiger partial charge in [-0.2, -0.15) is 0 Å². The molecule has 0 aromatic heterocycles. The van der Waals surface area contributed by atoms with Crippen molar-refractivity contribution in [3.05, 3.63) is 29.6 Å². The Morgan fingerprint density at radius 1 is 1.50 bits per heavy atom. The molecule has 1 aromatic carbocycles. The van der Waals surface area contributed by atoms with Gasteiger partial charge in [-0.15, -0.1) is 11.6 Å². The van der Waals surface area contributed by atoms with Crippen LogP contribution in [0.4, 0.5) is 4.39 Å². The van der Waals surface area contributed by atoms with Gasteiger partial charge in [0.1, 0.15) is 11.6 Å². The number of rotatable bonds is 4. The van der Waals surface area contributed by atoms with Gasteiger partial charge in [0.2, 0.25) is 0 Å². The highest BCUT2D eigenvalue weighted by Gasteiger charge is 2.30. The van der Waals surface area contributed by atoms with Gasteiger partial charge >= 0.3 is 0 Å². The molecule has 3 nitrogen and oxygen atoms in total. The Balaban J connectivity index is 2.21. The number of carbonyl (C=O) groups excluding carboxylic acids is 1. The van der Waals surface area contributed by atoms with Crippen LogP contribution in [-0.4, -0.2) is 34.4 Å². The topological polar surface area (TPSA) is 40.5 Å². The molecule has 0 radical (unpaired) electrons. The van der Waals surface area contributed by atoms with Gasteiger partial charge in [0.05, 0.1) is 5.56 Å². The van der Waals surface area contributed by atoms with Crippen LogP contribution in [0.5, 0.6) is 5.75 Å². The van der Waals surface area contributed by atoms with Crippen molar-refractivity contribution in [3.8, 4) is 5.75 Å². The van der Waals surface area contributed by atoms with E-state index in [1.54, 1.807) is 4.90 Å². The molecular weight excluding hydrogens is 257 g/mol. The van der Waals surface area contributed by atoms with Gasteiger partial charge in [0.15, 0.2) is 0 Å². The molecule has 98 valence electrons. The molecule has 5 heteroatoms. The lowest BCUT2D eigenvalue weighted by Crippen LogP contribution is -2.45. The molecule has 2 rings (SSSR count). The summed E-state index contributed by atoms with van der Waals surface area (Å²) in [6.45, 7) is 0.446. The third-order valence-corrected chi connectivity index (χ3v) is 3.46. The van der Waals surface area contributed by atoms with Crippen molar-refractivity contribution >= 4 is 17.5 Å².